The first kappa shape index (κ1) is 15.2. The third-order valence-corrected chi connectivity index (χ3v) is 5.09. The lowest BCUT2D eigenvalue weighted by Gasteiger charge is -2.41. The Morgan fingerprint density at radius 1 is 1.35 bits per heavy atom. The zero-order chi connectivity index (χ0) is 14.8. The van der Waals surface area contributed by atoms with E-state index in [1.54, 1.807) is 13.2 Å². The Labute approximate surface area is 122 Å². The molecule has 1 heterocycles. The van der Waals surface area contributed by atoms with Gasteiger partial charge in [-0.3, -0.25) is 4.90 Å². The van der Waals surface area contributed by atoms with E-state index in [0.29, 0.717) is 16.9 Å². The maximum atomic E-state index is 10.2. The highest BCUT2D eigenvalue weighted by atomic mass is 16.5. The van der Waals surface area contributed by atoms with E-state index in [1.165, 1.54) is 19.3 Å². The van der Waals surface area contributed by atoms with Crippen LogP contribution >= 0.6 is 0 Å². The predicted molar refractivity (Wildman–Crippen MR) is 82.3 cm³/mol. The first-order chi connectivity index (χ1) is 9.49. The Morgan fingerprint density at radius 2 is 2.00 bits per heavy atom. The van der Waals surface area contributed by atoms with Crippen molar-refractivity contribution in [3.05, 3.63) is 23.8 Å². The summed E-state index contributed by atoms with van der Waals surface area (Å²) in [4.78, 5) is 2.47. The number of rotatable bonds is 4. The molecule has 1 fully saturated rings. The van der Waals surface area contributed by atoms with Crippen molar-refractivity contribution < 1.29 is 9.84 Å². The van der Waals surface area contributed by atoms with Gasteiger partial charge in [0.25, 0.3) is 0 Å². The van der Waals surface area contributed by atoms with E-state index in [-0.39, 0.29) is 6.04 Å². The number of methoxy groups -OCH3 is 1. The van der Waals surface area contributed by atoms with Crippen LogP contribution in [0.5, 0.6) is 11.5 Å². The molecule has 0 spiro atoms. The molecule has 1 N–H and O–H groups in total. The minimum absolute atomic E-state index is 0.252. The Kier molecular flexibility index (Phi) is 4.59. The van der Waals surface area contributed by atoms with Crippen molar-refractivity contribution in [3.8, 4) is 11.5 Å². The van der Waals surface area contributed by atoms with Gasteiger partial charge in [0.15, 0.2) is 0 Å². The third kappa shape index (κ3) is 3.09. The molecule has 0 radical (unpaired) electrons. The van der Waals surface area contributed by atoms with Crippen LogP contribution in [0, 0.1) is 5.41 Å². The van der Waals surface area contributed by atoms with E-state index < -0.39 is 0 Å². The van der Waals surface area contributed by atoms with Gasteiger partial charge in [-0.1, -0.05) is 26.3 Å². The van der Waals surface area contributed by atoms with Gasteiger partial charge in [0.05, 0.1) is 7.11 Å². The summed E-state index contributed by atoms with van der Waals surface area (Å²) in [6.07, 6.45) is 3.73. The zero-order valence-corrected chi connectivity index (χ0v) is 13.1. The molecule has 0 amide bonds. The smallest absolute Gasteiger partial charge is 0.124 e. The van der Waals surface area contributed by atoms with Crippen LogP contribution in [-0.4, -0.2) is 30.2 Å². The predicted octanol–water partition coefficient (Wildman–Crippen LogP) is 3.97. The molecule has 3 heteroatoms. The van der Waals surface area contributed by atoms with Crippen LogP contribution in [0.1, 0.15) is 51.6 Å². The number of piperidine rings is 1. The molecule has 1 aromatic rings. The number of hydrogen-bond acceptors (Lipinski definition) is 3. The summed E-state index contributed by atoms with van der Waals surface area (Å²) in [6, 6.07) is 5.85. The summed E-state index contributed by atoms with van der Waals surface area (Å²) in [5.74, 6) is 1.04. The Hall–Kier alpha value is -1.22. The van der Waals surface area contributed by atoms with Crippen molar-refractivity contribution in [1.82, 2.24) is 4.90 Å². The van der Waals surface area contributed by atoms with Crippen molar-refractivity contribution in [2.24, 2.45) is 5.41 Å². The first-order valence-electron chi connectivity index (χ1n) is 7.60. The number of hydrogen-bond donors (Lipinski definition) is 1. The second-order valence-corrected chi connectivity index (χ2v) is 6.30. The molecule has 0 bridgehead atoms. The summed E-state index contributed by atoms with van der Waals surface area (Å²) in [5.41, 5.74) is 1.49. The van der Waals surface area contributed by atoms with Crippen molar-refractivity contribution in [2.75, 3.05) is 20.2 Å². The SMILES string of the molecule is CCC1(C)CCN(C(C)c2ccc(OC)cc2O)CC1. The molecule has 1 unspecified atom stereocenters. The molecule has 0 saturated carbocycles. The maximum Gasteiger partial charge on any atom is 0.124 e. The number of phenolic OH excluding ortho intramolecular Hbond substituents is 1. The van der Waals surface area contributed by atoms with Crippen LogP contribution in [0.15, 0.2) is 18.2 Å². The fraction of sp³-hybridized carbons (Fsp3) is 0.647. The van der Waals surface area contributed by atoms with Gasteiger partial charge in [-0.05, 0) is 44.3 Å². The van der Waals surface area contributed by atoms with Gasteiger partial charge in [0.2, 0.25) is 0 Å². The van der Waals surface area contributed by atoms with Crippen LogP contribution in [0.4, 0.5) is 0 Å². The number of aromatic hydroxyl groups is 1. The minimum atomic E-state index is 0.252. The van der Waals surface area contributed by atoms with Crippen LogP contribution in [0.25, 0.3) is 0 Å². The molecule has 0 aromatic heterocycles. The van der Waals surface area contributed by atoms with Crippen molar-refractivity contribution in [2.45, 2.75) is 46.1 Å². The van der Waals surface area contributed by atoms with Gasteiger partial charge in [-0.15, -0.1) is 0 Å². The summed E-state index contributed by atoms with van der Waals surface area (Å²) in [7, 11) is 1.62. The average molecular weight is 277 g/mol. The van der Waals surface area contributed by atoms with E-state index >= 15 is 0 Å². The van der Waals surface area contributed by atoms with E-state index in [1.807, 2.05) is 12.1 Å². The maximum absolute atomic E-state index is 10.2. The van der Waals surface area contributed by atoms with Gasteiger partial charge < -0.3 is 9.84 Å². The Bertz CT molecular complexity index is 450. The summed E-state index contributed by atoms with van der Waals surface area (Å²) < 4.78 is 5.14. The lowest BCUT2D eigenvalue weighted by Crippen LogP contribution is -2.39. The van der Waals surface area contributed by atoms with Crippen LogP contribution in [0.2, 0.25) is 0 Å². The topological polar surface area (TPSA) is 32.7 Å². The largest absolute Gasteiger partial charge is 0.507 e. The number of nitrogens with zero attached hydrogens (tertiary/aromatic N) is 1. The molecule has 2 rings (SSSR count). The van der Waals surface area contributed by atoms with Gasteiger partial charge in [-0.2, -0.15) is 0 Å². The molecule has 112 valence electrons. The van der Waals surface area contributed by atoms with Crippen LogP contribution < -0.4 is 4.74 Å². The van der Waals surface area contributed by atoms with E-state index in [4.69, 9.17) is 4.74 Å². The fourth-order valence-corrected chi connectivity index (χ4v) is 3.01. The normalized spacial score (nSPS) is 20.6. The quantitative estimate of drug-likeness (QED) is 0.903. The second kappa shape index (κ2) is 6.04. The molecule has 1 atom stereocenters. The molecule has 20 heavy (non-hydrogen) atoms. The lowest BCUT2D eigenvalue weighted by molar-refractivity contribution is 0.0855. The van der Waals surface area contributed by atoms with E-state index in [0.717, 1.165) is 18.7 Å². The highest BCUT2D eigenvalue weighted by molar-refractivity contribution is 5.41. The van der Waals surface area contributed by atoms with Gasteiger partial charge in [0.1, 0.15) is 11.5 Å². The molecule has 1 aliphatic heterocycles. The Balaban J connectivity index is 2.07. The standard InChI is InChI=1S/C17H27NO2/c1-5-17(3)8-10-18(11-9-17)13(2)15-7-6-14(20-4)12-16(15)19/h6-7,12-13,19H,5,8-11H2,1-4H3. The number of ether oxygens (including phenoxy) is 1. The molecular formula is C17H27NO2. The van der Waals surface area contributed by atoms with Gasteiger partial charge >= 0.3 is 0 Å². The lowest BCUT2D eigenvalue weighted by atomic mass is 9.78. The summed E-state index contributed by atoms with van der Waals surface area (Å²) in [6.45, 7) is 9.07. The fourth-order valence-electron chi connectivity index (χ4n) is 3.01. The van der Waals surface area contributed by atoms with Crippen molar-refractivity contribution in [3.63, 3.8) is 0 Å². The highest BCUT2D eigenvalue weighted by Gasteiger charge is 2.31. The Morgan fingerprint density at radius 3 is 2.50 bits per heavy atom. The minimum Gasteiger partial charge on any atom is -0.507 e. The molecular weight excluding hydrogens is 250 g/mol. The molecule has 3 nitrogen and oxygen atoms in total. The van der Waals surface area contributed by atoms with Crippen LogP contribution in [-0.2, 0) is 0 Å². The zero-order valence-electron chi connectivity index (χ0n) is 13.1. The van der Waals surface area contributed by atoms with E-state index in [9.17, 15) is 5.11 Å². The van der Waals surface area contributed by atoms with Crippen LogP contribution in [0.3, 0.4) is 0 Å². The molecule has 0 aliphatic carbocycles. The monoisotopic (exact) mass is 277 g/mol. The third-order valence-electron chi connectivity index (χ3n) is 5.09. The molecule has 1 aromatic carbocycles. The second-order valence-electron chi connectivity index (χ2n) is 6.30. The number of likely N-dealkylation sites (tertiary alicyclic amines) is 1. The highest BCUT2D eigenvalue weighted by Crippen LogP contribution is 2.38. The number of phenols is 1. The van der Waals surface area contributed by atoms with Gasteiger partial charge in [0, 0.05) is 17.7 Å². The van der Waals surface area contributed by atoms with Gasteiger partial charge in [-0.25, -0.2) is 0 Å². The molecule has 1 aliphatic rings. The molecule has 1 saturated heterocycles. The van der Waals surface area contributed by atoms with Crippen molar-refractivity contribution >= 4 is 0 Å². The van der Waals surface area contributed by atoms with E-state index in [2.05, 4.69) is 25.7 Å². The summed E-state index contributed by atoms with van der Waals surface area (Å²) >= 11 is 0. The average Bonchev–Trinajstić information content (AvgIpc) is 2.47. The summed E-state index contributed by atoms with van der Waals surface area (Å²) in [5, 5.41) is 10.2. The van der Waals surface area contributed by atoms with Crippen molar-refractivity contribution in [1.29, 1.82) is 0 Å². The first-order valence-corrected chi connectivity index (χ1v) is 7.60. The number of benzene rings is 1.